The third-order valence-corrected chi connectivity index (χ3v) is 13.4. The van der Waals surface area contributed by atoms with Gasteiger partial charge in [-0.15, -0.1) is 20.5 Å². The first-order valence-corrected chi connectivity index (χ1v) is 24.9. The van der Waals surface area contributed by atoms with Crippen molar-refractivity contribution in [2.75, 3.05) is 17.2 Å². The molecule has 0 unspecified atom stereocenters. The van der Waals surface area contributed by atoms with Gasteiger partial charge in [0.25, 0.3) is 0 Å². The Bertz CT molecular complexity index is 3690. The van der Waals surface area contributed by atoms with Gasteiger partial charge in [0.2, 0.25) is 0 Å². The van der Waals surface area contributed by atoms with Gasteiger partial charge in [-0.25, -0.2) is 33.7 Å². The predicted octanol–water partition coefficient (Wildman–Crippen LogP) is -12.9. The van der Waals surface area contributed by atoms with E-state index in [4.69, 9.17) is 17.2 Å². The number of azo groups is 4. The van der Waals surface area contributed by atoms with Crippen molar-refractivity contribution in [3.63, 3.8) is 0 Å². The molecule has 0 saturated heterocycles. The Morgan fingerprint density at radius 1 is 0.434 bits per heavy atom. The van der Waals surface area contributed by atoms with Crippen LogP contribution in [0.5, 0.6) is 5.75 Å². The van der Waals surface area contributed by atoms with Crippen molar-refractivity contribution < 1.29 is 264 Å². The molecule has 0 radical (unpaired) electrons. The number of hydrogen-bond donors (Lipinski definition) is 4. The summed E-state index contributed by atoms with van der Waals surface area (Å²) in [5, 5.41) is 67.4. The fourth-order valence-corrected chi connectivity index (χ4v) is 9.12. The van der Waals surface area contributed by atoms with Crippen LogP contribution in [0.3, 0.4) is 0 Å². The van der Waals surface area contributed by atoms with Crippen LogP contribution in [0.25, 0.3) is 10.8 Å². The molecule has 0 aliphatic carbocycles. The van der Waals surface area contributed by atoms with Crippen LogP contribution >= 0.6 is 24.1 Å². The number of rotatable bonds is 18. The molecule has 0 fully saturated rings. The van der Waals surface area contributed by atoms with Crippen molar-refractivity contribution >= 4 is 138 Å². The topological polar surface area (TPSA) is 509 Å². The number of nitrogens with zero attached hydrogens (tertiary/aromatic N) is 8. The molecule has 6 rings (SSSR count). The molecule has 0 saturated carbocycles. The second-order valence-electron chi connectivity index (χ2n) is 13.1. The summed E-state index contributed by atoms with van der Waals surface area (Å²) < 4.78 is 156. The van der Waals surface area contributed by atoms with Gasteiger partial charge >= 0.3 is 177 Å². The maximum Gasteiger partial charge on any atom is 1.00 e. The van der Waals surface area contributed by atoms with Crippen LogP contribution < -0.4 is 205 Å². The van der Waals surface area contributed by atoms with Gasteiger partial charge in [0.05, 0.1) is 87.3 Å². The van der Waals surface area contributed by atoms with Crippen LogP contribution in [-0.2, 0) is 59.2 Å². The van der Waals surface area contributed by atoms with Crippen LogP contribution in [0.1, 0.15) is 0 Å². The van der Waals surface area contributed by atoms with E-state index in [1.165, 1.54) is 30.3 Å². The molecule has 0 amide bonds. The maximum absolute atomic E-state index is 12.6. The predicted molar refractivity (Wildman–Crippen MR) is 229 cm³/mol. The van der Waals surface area contributed by atoms with Crippen molar-refractivity contribution in [3.05, 3.63) is 84.9 Å². The molecule has 7 N–H and O–H groups in total. The molecule has 0 bridgehead atoms. The molecule has 0 spiro atoms. The Kier molecular flexibility index (Phi) is 31.9. The van der Waals surface area contributed by atoms with E-state index in [0.717, 1.165) is 42.5 Å². The van der Waals surface area contributed by atoms with Crippen molar-refractivity contribution in [1.29, 1.82) is 0 Å². The van der Waals surface area contributed by atoms with E-state index in [1.54, 1.807) is 0 Å². The molecule has 76 heavy (non-hydrogen) atoms. The molecule has 0 heterocycles. The number of benzene rings is 6. The van der Waals surface area contributed by atoms with Crippen molar-refractivity contribution in [3.8, 4) is 5.75 Å². The third-order valence-electron chi connectivity index (χ3n) is 8.66. The molecule has 6 aromatic rings. The first kappa shape index (κ1) is 75.3. The van der Waals surface area contributed by atoms with E-state index in [2.05, 4.69) is 59.7 Å². The SMILES string of the molecule is Nc1ccc(N=Nc2ccc(N=Nc3cc(S(=O)(=O)[O-])c4cc(S(=O)(=O)[O-])c(N=Nc5ccc(N=Nc6ccc(N)c(S(=O)(=O)[O-])c6)cc5SOO[O-])c(O)c4c3N)c(S(=O)(=O)[O-])c2)cc1SOO[O-].[Na+].[Na+].[Na+].[Na+].[Na+].[Na+]. The number of nitrogens with two attached hydrogens (primary N) is 3. The fourth-order valence-electron chi connectivity index (χ4n) is 5.65. The second kappa shape index (κ2) is 32.2. The van der Waals surface area contributed by atoms with Crippen molar-refractivity contribution in [1.82, 2.24) is 0 Å². The summed E-state index contributed by atoms with van der Waals surface area (Å²) in [6.07, 6.45) is 0. The van der Waals surface area contributed by atoms with Gasteiger partial charge < -0.3 is 51.0 Å². The minimum absolute atomic E-state index is 0. The molecule has 0 atom stereocenters. The molecule has 0 aromatic heterocycles. The first-order chi connectivity index (χ1) is 32.8. The zero-order chi connectivity index (χ0) is 51.3. The van der Waals surface area contributed by atoms with Gasteiger partial charge in [-0.05, 0) is 84.9 Å². The van der Waals surface area contributed by atoms with Gasteiger partial charge in [0.15, 0.2) is 5.75 Å². The average Bonchev–Trinajstić information content (AvgIpc) is 3.28. The first-order valence-electron chi connectivity index (χ1n) is 17.8. The van der Waals surface area contributed by atoms with Crippen LogP contribution in [-0.4, -0.2) is 57.0 Å². The van der Waals surface area contributed by atoms with E-state index in [1.807, 2.05) is 0 Å². The quantitative estimate of drug-likeness (QED) is 0.0118. The van der Waals surface area contributed by atoms with Crippen LogP contribution in [0.2, 0.25) is 0 Å². The zero-order valence-corrected chi connectivity index (χ0v) is 56.5. The van der Waals surface area contributed by atoms with Crippen LogP contribution in [0.15, 0.2) is 155 Å². The Labute approximate surface area is 570 Å². The summed E-state index contributed by atoms with van der Waals surface area (Å²) in [5.74, 6) is -1.40. The number of hydrogen-bond acceptors (Lipinski definition) is 32. The molecule has 42 heteroatoms. The molecular formula is C34H21N11Na6O19S6. The van der Waals surface area contributed by atoms with E-state index in [9.17, 15) is 67.5 Å². The van der Waals surface area contributed by atoms with E-state index in [0.29, 0.717) is 24.2 Å². The molecular weight excluding hydrogens is 1200 g/mol. The van der Waals surface area contributed by atoms with Crippen molar-refractivity contribution in [2.24, 2.45) is 40.9 Å². The zero-order valence-electron chi connectivity index (χ0n) is 39.6. The van der Waals surface area contributed by atoms with Gasteiger partial charge in [0.1, 0.15) is 63.2 Å². The Hall–Kier alpha value is -0.720. The summed E-state index contributed by atoms with van der Waals surface area (Å²) in [6, 6.07) is 14.0. The standard InChI is InChI=1S/C34H27N11O19S6.6Na/c35-20-5-1-15(9-25(20)65-63-61-47)38-41-18-4-8-23(29(12-18)69(55,56)57)43-44-24-14-27(67(49,50)51)19-13-30(70(58,59)60)33(34(46)31(19)32(24)37)45-42-22-7-3-16(10-26(22)66-64-62-48)39-40-17-2-6-21(36)28(11-17)68(52,53)54;;;;;;/h1-14,46-48H,35-37H2,(H,49,50,51)(H,52,53,54)(H,55,56,57)(H,58,59,60);;;;;;/q;6*+1/p-6. The number of fused-ring (bicyclic) bond motifs is 1. The molecule has 0 aliphatic heterocycles. The van der Waals surface area contributed by atoms with E-state index in [-0.39, 0.29) is 239 Å². The molecule has 30 nitrogen and oxygen atoms in total. The number of aromatic hydroxyl groups is 1. The smallest absolute Gasteiger partial charge is 0.744 e. The van der Waals surface area contributed by atoms with E-state index < -0.39 is 99.3 Å². The summed E-state index contributed by atoms with van der Waals surface area (Å²) in [6.45, 7) is 0. The maximum atomic E-state index is 12.6. The van der Waals surface area contributed by atoms with Crippen molar-refractivity contribution in [2.45, 2.75) is 29.4 Å². The fraction of sp³-hybridized carbons (Fsp3) is 0. The largest absolute Gasteiger partial charge is 1.00 e. The van der Waals surface area contributed by atoms with Gasteiger partial charge in [0, 0.05) is 16.8 Å². The normalized spacial score (nSPS) is 11.9. The Morgan fingerprint density at radius 2 is 0.842 bits per heavy atom. The van der Waals surface area contributed by atoms with Crippen LogP contribution in [0.4, 0.5) is 62.6 Å². The number of phenolic OH excluding ortho intramolecular Hbond substituents is 1. The van der Waals surface area contributed by atoms with Gasteiger partial charge in [-0.3, -0.25) is 10.1 Å². The molecule has 6 aromatic carbocycles. The summed E-state index contributed by atoms with van der Waals surface area (Å²) in [4.78, 5) is -4.71. The molecule has 368 valence electrons. The number of phenols is 1. The number of nitrogen functional groups attached to an aromatic ring is 3. The van der Waals surface area contributed by atoms with E-state index >= 15 is 0 Å². The average molecular weight is 1220 g/mol. The van der Waals surface area contributed by atoms with Crippen LogP contribution in [0, 0.1) is 0 Å². The summed E-state index contributed by atoms with van der Waals surface area (Å²) >= 11 is 0.604. The number of anilines is 3. The molecule has 0 aliphatic rings. The van der Waals surface area contributed by atoms with Gasteiger partial charge in [-0.2, -0.15) is 29.1 Å². The second-order valence-corrected chi connectivity index (χ2v) is 20.0. The minimum atomic E-state index is -5.77. The van der Waals surface area contributed by atoms with Gasteiger partial charge in [-0.1, -0.05) is 0 Å². The summed E-state index contributed by atoms with van der Waals surface area (Å²) in [5.41, 5.74) is 13.1. The minimum Gasteiger partial charge on any atom is -0.744 e. The monoisotopic (exact) mass is 1220 g/mol. The Balaban J connectivity index is 0.00000937. The Morgan fingerprint density at radius 3 is 1.34 bits per heavy atom. The summed E-state index contributed by atoms with van der Waals surface area (Å²) in [7, 11) is -21.9. The third kappa shape index (κ3) is 19.7.